The van der Waals surface area contributed by atoms with E-state index in [0.29, 0.717) is 12.5 Å². The van der Waals surface area contributed by atoms with Gasteiger partial charge in [-0.15, -0.1) is 0 Å². The standard InChI is InChI=1S/C22H24N2O2/c1-3-4-5-17-6-8-18(9-7-17)16-26-22-15-23-21(14-24-22)19-10-12-20(25-2)13-11-19/h6-15H,3-5,16H2,1-2H3. The monoisotopic (exact) mass is 348 g/mol. The molecule has 26 heavy (non-hydrogen) atoms. The maximum atomic E-state index is 5.75. The van der Waals surface area contributed by atoms with E-state index < -0.39 is 0 Å². The van der Waals surface area contributed by atoms with E-state index in [0.717, 1.165) is 29.0 Å². The smallest absolute Gasteiger partial charge is 0.232 e. The first-order chi connectivity index (χ1) is 12.8. The summed E-state index contributed by atoms with van der Waals surface area (Å²) in [4.78, 5) is 8.79. The fraction of sp³-hybridized carbons (Fsp3) is 0.273. The zero-order valence-electron chi connectivity index (χ0n) is 15.3. The van der Waals surface area contributed by atoms with Gasteiger partial charge in [0, 0.05) is 5.56 Å². The van der Waals surface area contributed by atoms with Crippen LogP contribution in [0, 0.1) is 0 Å². The van der Waals surface area contributed by atoms with Crippen LogP contribution < -0.4 is 9.47 Å². The van der Waals surface area contributed by atoms with Gasteiger partial charge in [0.25, 0.3) is 0 Å². The Hall–Kier alpha value is -2.88. The van der Waals surface area contributed by atoms with Gasteiger partial charge in [-0.25, -0.2) is 9.97 Å². The molecule has 0 aliphatic carbocycles. The number of aryl methyl sites for hydroxylation is 1. The van der Waals surface area contributed by atoms with Gasteiger partial charge < -0.3 is 9.47 Å². The largest absolute Gasteiger partial charge is 0.497 e. The number of aromatic nitrogens is 2. The van der Waals surface area contributed by atoms with Crippen LogP contribution in [-0.2, 0) is 13.0 Å². The Kier molecular flexibility index (Phi) is 6.20. The highest BCUT2D eigenvalue weighted by Crippen LogP contribution is 2.21. The Morgan fingerprint density at radius 1 is 0.846 bits per heavy atom. The van der Waals surface area contributed by atoms with Crippen molar-refractivity contribution in [1.29, 1.82) is 0 Å². The summed E-state index contributed by atoms with van der Waals surface area (Å²) in [5, 5.41) is 0. The quantitative estimate of drug-likeness (QED) is 0.570. The minimum atomic E-state index is 0.491. The summed E-state index contributed by atoms with van der Waals surface area (Å²) in [5.74, 6) is 1.35. The number of hydrogen-bond donors (Lipinski definition) is 0. The fourth-order valence-corrected chi connectivity index (χ4v) is 2.64. The van der Waals surface area contributed by atoms with E-state index in [-0.39, 0.29) is 0 Å². The van der Waals surface area contributed by atoms with E-state index in [1.54, 1.807) is 19.5 Å². The molecular formula is C22H24N2O2. The molecule has 3 rings (SSSR count). The van der Waals surface area contributed by atoms with E-state index in [1.807, 2.05) is 24.3 Å². The van der Waals surface area contributed by atoms with Crippen molar-refractivity contribution in [3.05, 3.63) is 72.1 Å². The van der Waals surface area contributed by atoms with Crippen LogP contribution in [0.1, 0.15) is 30.9 Å². The Morgan fingerprint density at radius 2 is 1.58 bits per heavy atom. The number of benzene rings is 2. The molecule has 2 aromatic carbocycles. The van der Waals surface area contributed by atoms with E-state index in [2.05, 4.69) is 41.2 Å². The number of ether oxygens (including phenoxy) is 2. The highest BCUT2D eigenvalue weighted by Gasteiger charge is 2.03. The molecule has 1 heterocycles. The average Bonchev–Trinajstić information content (AvgIpc) is 2.72. The Balaban J connectivity index is 1.57. The molecule has 0 fully saturated rings. The summed E-state index contributed by atoms with van der Waals surface area (Å²) in [6, 6.07) is 16.3. The molecule has 0 amide bonds. The molecule has 0 atom stereocenters. The molecule has 0 spiro atoms. The zero-order valence-corrected chi connectivity index (χ0v) is 15.3. The molecule has 4 heteroatoms. The second-order valence-corrected chi connectivity index (χ2v) is 6.18. The van der Waals surface area contributed by atoms with Crippen molar-refractivity contribution in [2.45, 2.75) is 32.8 Å². The van der Waals surface area contributed by atoms with Crippen molar-refractivity contribution in [1.82, 2.24) is 9.97 Å². The number of nitrogens with zero attached hydrogens (tertiary/aromatic N) is 2. The van der Waals surface area contributed by atoms with Gasteiger partial charge in [-0.2, -0.15) is 0 Å². The molecule has 0 N–H and O–H groups in total. The second-order valence-electron chi connectivity index (χ2n) is 6.18. The molecule has 3 aromatic rings. The second kappa shape index (κ2) is 8.99. The van der Waals surface area contributed by atoms with Crippen molar-refractivity contribution >= 4 is 0 Å². The van der Waals surface area contributed by atoms with Crippen LogP contribution in [0.25, 0.3) is 11.3 Å². The molecule has 0 aliphatic rings. The molecule has 0 radical (unpaired) electrons. The highest BCUT2D eigenvalue weighted by molar-refractivity contribution is 5.59. The van der Waals surface area contributed by atoms with Gasteiger partial charge in [0.1, 0.15) is 12.4 Å². The van der Waals surface area contributed by atoms with Crippen LogP contribution in [-0.4, -0.2) is 17.1 Å². The van der Waals surface area contributed by atoms with Gasteiger partial charge in [0.2, 0.25) is 5.88 Å². The van der Waals surface area contributed by atoms with Crippen molar-refractivity contribution in [3.63, 3.8) is 0 Å². The number of hydrogen-bond acceptors (Lipinski definition) is 4. The molecule has 0 bridgehead atoms. The lowest BCUT2D eigenvalue weighted by Crippen LogP contribution is -1.98. The average molecular weight is 348 g/mol. The van der Waals surface area contributed by atoms with Crippen LogP contribution in [0.15, 0.2) is 60.9 Å². The Morgan fingerprint density at radius 3 is 2.19 bits per heavy atom. The molecular weight excluding hydrogens is 324 g/mol. The van der Waals surface area contributed by atoms with Crippen LogP contribution in [0.4, 0.5) is 0 Å². The van der Waals surface area contributed by atoms with Gasteiger partial charge in [0.15, 0.2) is 0 Å². The van der Waals surface area contributed by atoms with E-state index >= 15 is 0 Å². The molecule has 0 aliphatic heterocycles. The molecule has 1 aromatic heterocycles. The molecule has 134 valence electrons. The summed E-state index contributed by atoms with van der Waals surface area (Å²) in [6.07, 6.45) is 6.97. The number of methoxy groups -OCH3 is 1. The number of rotatable bonds is 8. The maximum absolute atomic E-state index is 5.75. The van der Waals surface area contributed by atoms with Gasteiger partial charge in [-0.1, -0.05) is 37.6 Å². The van der Waals surface area contributed by atoms with Gasteiger partial charge >= 0.3 is 0 Å². The van der Waals surface area contributed by atoms with Crippen molar-refractivity contribution in [2.24, 2.45) is 0 Å². The Bertz CT molecular complexity index is 797. The lowest BCUT2D eigenvalue weighted by atomic mass is 10.1. The SMILES string of the molecule is CCCCc1ccc(COc2cnc(-c3ccc(OC)cc3)cn2)cc1. The normalized spacial score (nSPS) is 10.5. The third kappa shape index (κ3) is 4.82. The first-order valence-corrected chi connectivity index (χ1v) is 8.95. The lowest BCUT2D eigenvalue weighted by molar-refractivity contribution is 0.292. The van der Waals surface area contributed by atoms with Crippen LogP contribution in [0.5, 0.6) is 11.6 Å². The van der Waals surface area contributed by atoms with Crippen LogP contribution >= 0.6 is 0 Å². The molecule has 0 saturated carbocycles. The first kappa shape index (κ1) is 17.9. The summed E-state index contributed by atoms with van der Waals surface area (Å²) < 4.78 is 10.9. The van der Waals surface area contributed by atoms with E-state index in [9.17, 15) is 0 Å². The van der Waals surface area contributed by atoms with Crippen molar-refractivity contribution < 1.29 is 9.47 Å². The summed E-state index contributed by atoms with van der Waals surface area (Å²) in [6.45, 7) is 2.70. The van der Waals surface area contributed by atoms with Gasteiger partial charge in [0.05, 0.1) is 25.2 Å². The summed E-state index contributed by atoms with van der Waals surface area (Å²) in [5.41, 5.74) is 4.30. The topological polar surface area (TPSA) is 44.2 Å². The van der Waals surface area contributed by atoms with Gasteiger partial charge in [-0.05, 0) is 48.2 Å². The summed E-state index contributed by atoms with van der Waals surface area (Å²) >= 11 is 0. The zero-order chi connectivity index (χ0) is 18.2. The highest BCUT2D eigenvalue weighted by atomic mass is 16.5. The Labute approximate surface area is 154 Å². The molecule has 0 saturated heterocycles. The summed E-state index contributed by atoms with van der Waals surface area (Å²) in [7, 11) is 1.65. The van der Waals surface area contributed by atoms with Gasteiger partial charge in [-0.3, -0.25) is 0 Å². The third-order valence-electron chi connectivity index (χ3n) is 4.24. The first-order valence-electron chi connectivity index (χ1n) is 8.95. The number of unbranched alkanes of at least 4 members (excludes halogenated alkanes) is 1. The predicted molar refractivity (Wildman–Crippen MR) is 103 cm³/mol. The minimum Gasteiger partial charge on any atom is -0.497 e. The van der Waals surface area contributed by atoms with Crippen LogP contribution in [0.3, 0.4) is 0 Å². The van der Waals surface area contributed by atoms with E-state index in [1.165, 1.54) is 18.4 Å². The predicted octanol–water partition coefficient (Wildman–Crippen LogP) is 5.07. The van der Waals surface area contributed by atoms with Crippen LogP contribution in [0.2, 0.25) is 0 Å². The molecule has 4 nitrogen and oxygen atoms in total. The lowest BCUT2D eigenvalue weighted by Gasteiger charge is -2.07. The van der Waals surface area contributed by atoms with E-state index in [4.69, 9.17) is 9.47 Å². The molecule has 0 unspecified atom stereocenters. The fourth-order valence-electron chi connectivity index (χ4n) is 2.64. The van der Waals surface area contributed by atoms with Crippen molar-refractivity contribution in [2.75, 3.05) is 7.11 Å². The minimum absolute atomic E-state index is 0.491. The third-order valence-corrected chi connectivity index (χ3v) is 4.24. The maximum Gasteiger partial charge on any atom is 0.232 e. The van der Waals surface area contributed by atoms with Crippen molar-refractivity contribution in [3.8, 4) is 22.9 Å².